The minimum absolute atomic E-state index is 0.588. The maximum atomic E-state index is 6.03. The summed E-state index contributed by atoms with van der Waals surface area (Å²) in [6.45, 7) is 12.3. The van der Waals surface area contributed by atoms with Crippen LogP contribution in [0.15, 0.2) is 35.4 Å². The molecular formula is C24H33N5O3. The average Bonchev–Trinajstić information content (AvgIpc) is 2.83. The molecule has 0 amide bonds. The molecule has 8 heteroatoms. The van der Waals surface area contributed by atoms with Crippen LogP contribution in [0.3, 0.4) is 0 Å². The molecule has 172 valence electrons. The first-order chi connectivity index (χ1) is 15.7. The van der Waals surface area contributed by atoms with Crippen molar-refractivity contribution in [3.8, 4) is 5.88 Å². The maximum Gasteiger partial charge on any atom is 0.217 e. The number of nitrogens with zero attached hydrogens (tertiary/aromatic N) is 4. The van der Waals surface area contributed by atoms with Crippen LogP contribution in [0.2, 0.25) is 0 Å². The van der Waals surface area contributed by atoms with Gasteiger partial charge in [-0.25, -0.2) is 0 Å². The summed E-state index contributed by atoms with van der Waals surface area (Å²) in [6.07, 6.45) is 1.81. The number of pyridine rings is 1. The molecule has 0 saturated carbocycles. The van der Waals surface area contributed by atoms with Crippen LogP contribution in [-0.4, -0.2) is 81.9 Å². The molecule has 1 aromatic carbocycles. The third-order valence-corrected chi connectivity index (χ3v) is 5.85. The smallest absolute Gasteiger partial charge is 0.217 e. The second-order valence-electron chi connectivity index (χ2n) is 8.16. The van der Waals surface area contributed by atoms with E-state index in [1.807, 2.05) is 18.3 Å². The molecule has 0 unspecified atom stereocenters. The van der Waals surface area contributed by atoms with Crippen LogP contribution in [0.5, 0.6) is 5.88 Å². The van der Waals surface area contributed by atoms with Gasteiger partial charge in [-0.05, 0) is 30.5 Å². The first-order valence-electron chi connectivity index (χ1n) is 11.3. The predicted octanol–water partition coefficient (Wildman–Crippen LogP) is 2.69. The zero-order valence-corrected chi connectivity index (χ0v) is 19.0. The van der Waals surface area contributed by atoms with Crippen LogP contribution in [0.4, 0.5) is 11.5 Å². The van der Waals surface area contributed by atoms with E-state index in [9.17, 15) is 0 Å². The first kappa shape index (κ1) is 22.5. The zero-order valence-electron chi connectivity index (χ0n) is 19.0. The van der Waals surface area contributed by atoms with Gasteiger partial charge in [0, 0.05) is 50.5 Å². The highest BCUT2D eigenvalue weighted by atomic mass is 16.5. The zero-order chi connectivity index (χ0) is 22.2. The molecule has 4 rings (SSSR count). The van der Waals surface area contributed by atoms with Crippen LogP contribution < -0.4 is 15.1 Å². The Morgan fingerprint density at radius 2 is 1.75 bits per heavy atom. The van der Waals surface area contributed by atoms with Crippen LogP contribution in [0.25, 0.3) is 0 Å². The maximum absolute atomic E-state index is 6.03. The number of hydrogen-bond acceptors (Lipinski definition) is 8. The van der Waals surface area contributed by atoms with Gasteiger partial charge in [-0.15, -0.1) is 0 Å². The lowest BCUT2D eigenvalue weighted by atomic mass is 10.1. The van der Waals surface area contributed by atoms with Crippen molar-refractivity contribution >= 4 is 17.7 Å². The van der Waals surface area contributed by atoms with E-state index in [2.05, 4.69) is 57.4 Å². The molecule has 0 atom stereocenters. The van der Waals surface area contributed by atoms with Gasteiger partial charge in [0.2, 0.25) is 5.88 Å². The van der Waals surface area contributed by atoms with E-state index in [1.165, 1.54) is 11.1 Å². The third kappa shape index (κ3) is 6.41. The number of hydrogen-bond donors (Lipinski definition) is 1. The molecule has 32 heavy (non-hydrogen) atoms. The summed E-state index contributed by atoms with van der Waals surface area (Å²) in [5, 5.41) is 4.41. The second kappa shape index (κ2) is 11.3. The summed E-state index contributed by atoms with van der Waals surface area (Å²) in [7, 11) is 0. The van der Waals surface area contributed by atoms with Gasteiger partial charge in [-0.2, -0.15) is 10.1 Å². The van der Waals surface area contributed by atoms with E-state index in [1.54, 1.807) is 0 Å². The Hall–Kier alpha value is -2.68. The summed E-state index contributed by atoms with van der Waals surface area (Å²) >= 11 is 0. The first-order valence-corrected chi connectivity index (χ1v) is 11.3. The number of anilines is 2. The van der Waals surface area contributed by atoms with Gasteiger partial charge in [0.15, 0.2) is 5.82 Å². The van der Waals surface area contributed by atoms with Crippen molar-refractivity contribution in [1.29, 1.82) is 0 Å². The molecule has 0 bridgehead atoms. The van der Waals surface area contributed by atoms with Crippen molar-refractivity contribution < 1.29 is 14.2 Å². The second-order valence-corrected chi connectivity index (χ2v) is 8.16. The van der Waals surface area contributed by atoms with Gasteiger partial charge in [0.1, 0.15) is 6.61 Å². The fourth-order valence-corrected chi connectivity index (χ4v) is 3.75. The van der Waals surface area contributed by atoms with Crippen molar-refractivity contribution in [3.63, 3.8) is 0 Å². The number of benzene rings is 1. The number of hydrazone groups is 1. The lowest BCUT2D eigenvalue weighted by Crippen LogP contribution is -2.38. The van der Waals surface area contributed by atoms with Crippen LogP contribution in [0, 0.1) is 13.8 Å². The van der Waals surface area contributed by atoms with E-state index in [-0.39, 0.29) is 0 Å². The van der Waals surface area contributed by atoms with Crippen LogP contribution in [-0.2, 0) is 9.47 Å². The lowest BCUT2D eigenvalue weighted by molar-refractivity contribution is 0.0320. The molecule has 3 heterocycles. The van der Waals surface area contributed by atoms with Gasteiger partial charge >= 0.3 is 0 Å². The van der Waals surface area contributed by atoms with E-state index >= 15 is 0 Å². The molecule has 2 aliphatic heterocycles. The van der Waals surface area contributed by atoms with Gasteiger partial charge in [0.25, 0.3) is 0 Å². The van der Waals surface area contributed by atoms with E-state index < -0.39 is 0 Å². The number of rotatable bonds is 8. The van der Waals surface area contributed by atoms with E-state index in [0.717, 1.165) is 70.4 Å². The van der Waals surface area contributed by atoms with Crippen molar-refractivity contribution in [2.24, 2.45) is 5.10 Å². The highest BCUT2D eigenvalue weighted by Gasteiger charge is 2.15. The lowest BCUT2D eigenvalue weighted by Gasteiger charge is -2.29. The normalized spacial score (nSPS) is 17.6. The summed E-state index contributed by atoms with van der Waals surface area (Å²) in [6, 6.07) is 10.3. The molecule has 2 aromatic rings. The Labute approximate surface area is 190 Å². The molecule has 8 nitrogen and oxygen atoms in total. The molecule has 2 saturated heterocycles. The number of morpholine rings is 2. The fraction of sp³-hybridized carbons (Fsp3) is 0.500. The summed E-state index contributed by atoms with van der Waals surface area (Å²) < 4.78 is 16.9. The molecule has 1 N–H and O–H groups in total. The number of ether oxygens (including phenoxy) is 3. The Balaban J connectivity index is 1.43. The Morgan fingerprint density at radius 1 is 1.00 bits per heavy atom. The summed E-state index contributed by atoms with van der Waals surface area (Å²) in [4.78, 5) is 9.27. The van der Waals surface area contributed by atoms with Gasteiger partial charge in [-0.3, -0.25) is 10.3 Å². The van der Waals surface area contributed by atoms with E-state index in [0.29, 0.717) is 18.3 Å². The third-order valence-electron chi connectivity index (χ3n) is 5.85. The quantitative estimate of drug-likeness (QED) is 0.501. The number of aryl methyl sites for hydroxylation is 2. The minimum atomic E-state index is 0.588. The van der Waals surface area contributed by atoms with Crippen molar-refractivity contribution in [2.45, 2.75) is 13.8 Å². The average molecular weight is 440 g/mol. The number of aromatic nitrogens is 1. The molecule has 0 aliphatic carbocycles. The molecule has 0 spiro atoms. The van der Waals surface area contributed by atoms with Gasteiger partial charge < -0.3 is 19.1 Å². The largest absolute Gasteiger partial charge is 0.476 e. The Morgan fingerprint density at radius 3 is 2.50 bits per heavy atom. The molecule has 0 radical (unpaired) electrons. The monoisotopic (exact) mass is 439 g/mol. The standard InChI is InChI=1S/C24H33N5O3/c1-19-3-4-21(15-20(19)2)18-25-27-23-16-22(29-8-12-31-13-9-29)17-24(26-23)32-14-7-28-5-10-30-11-6-28/h3-4,15-18H,5-14H2,1-2H3,(H,26,27)/b25-18+. The van der Waals surface area contributed by atoms with Gasteiger partial charge in [0.05, 0.1) is 32.6 Å². The predicted molar refractivity (Wildman–Crippen MR) is 127 cm³/mol. The topological polar surface area (TPSA) is 71.5 Å². The fourth-order valence-electron chi connectivity index (χ4n) is 3.75. The van der Waals surface area contributed by atoms with Crippen molar-refractivity contribution in [2.75, 3.05) is 76.1 Å². The summed E-state index contributed by atoms with van der Waals surface area (Å²) in [5.74, 6) is 1.27. The van der Waals surface area contributed by atoms with Crippen molar-refractivity contribution in [1.82, 2.24) is 9.88 Å². The minimum Gasteiger partial charge on any atom is -0.476 e. The number of nitrogens with one attached hydrogen (secondary N) is 1. The highest BCUT2D eigenvalue weighted by Crippen LogP contribution is 2.25. The SMILES string of the molecule is Cc1ccc(/C=N/Nc2cc(N3CCOCC3)cc(OCCN3CCOCC3)n2)cc1C. The molecule has 2 fully saturated rings. The van der Waals surface area contributed by atoms with E-state index in [4.69, 9.17) is 14.2 Å². The molecular weight excluding hydrogens is 406 g/mol. The Kier molecular flexibility index (Phi) is 7.92. The molecule has 2 aliphatic rings. The van der Waals surface area contributed by atoms with Crippen molar-refractivity contribution in [3.05, 3.63) is 47.0 Å². The highest BCUT2D eigenvalue weighted by molar-refractivity contribution is 5.80. The molecule has 1 aromatic heterocycles. The summed E-state index contributed by atoms with van der Waals surface area (Å²) in [5.41, 5.74) is 7.71. The Bertz CT molecular complexity index is 909. The van der Waals surface area contributed by atoms with Crippen LogP contribution in [0.1, 0.15) is 16.7 Å². The van der Waals surface area contributed by atoms with Gasteiger partial charge in [-0.1, -0.05) is 18.2 Å². The van der Waals surface area contributed by atoms with Crippen LogP contribution >= 0.6 is 0 Å².